The first-order chi connectivity index (χ1) is 8.87. The van der Waals surface area contributed by atoms with Crippen molar-refractivity contribution in [3.05, 3.63) is 28.8 Å². The molecule has 1 fully saturated rings. The second kappa shape index (κ2) is 5.73. The summed E-state index contributed by atoms with van der Waals surface area (Å²) in [5, 5.41) is 3.18. The molecule has 1 saturated heterocycles. The largest absolute Gasteiger partial charge is 0.349 e. The molecule has 1 aliphatic rings. The zero-order chi connectivity index (χ0) is 14.0. The maximum atomic E-state index is 12.1. The van der Waals surface area contributed by atoms with Gasteiger partial charge in [0.15, 0.2) is 0 Å². The number of thiol groups is 1. The van der Waals surface area contributed by atoms with Gasteiger partial charge in [0.25, 0.3) is 5.91 Å². The monoisotopic (exact) mass is 319 g/mol. The molecule has 104 valence electrons. The average molecular weight is 320 g/mol. The number of hydrogen-bond acceptors (Lipinski definition) is 4. The van der Waals surface area contributed by atoms with Crippen molar-refractivity contribution in [2.24, 2.45) is 0 Å². The molecule has 0 saturated carbocycles. The molecule has 1 heterocycles. The van der Waals surface area contributed by atoms with Gasteiger partial charge in [0.05, 0.1) is 22.1 Å². The van der Waals surface area contributed by atoms with Crippen LogP contribution in [0.25, 0.3) is 0 Å². The van der Waals surface area contributed by atoms with Gasteiger partial charge in [-0.1, -0.05) is 11.6 Å². The lowest BCUT2D eigenvalue weighted by molar-refractivity contribution is 0.0934. The third-order valence-electron chi connectivity index (χ3n) is 3.08. The number of sulfone groups is 1. The van der Waals surface area contributed by atoms with Crippen LogP contribution in [0.1, 0.15) is 23.2 Å². The minimum atomic E-state index is -2.92. The molecule has 1 aliphatic heterocycles. The Balaban J connectivity index is 2.04. The highest BCUT2D eigenvalue weighted by Gasteiger charge is 2.25. The first-order valence-electron chi connectivity index (χ1n) is 5.87. The molecule has 4 nitrogen and oxygen atoms in total. The van der Waals surface area contributed by atoms with Gasteiger partial charge in [-0.15, -0.1) is 12.6 Å². The van der Waals surface area contributed by atoms with E-state index in [4.69, 9.17) is 11.6 Å². The van der Waals surface area contributed by atoms with E-state index in [1.54, 1.807) is 18.2 Å². The molecule has 0 unspecified atom stereocenters. The van der Waals surface area contributed by atoms with Gasteiger partial charge in [-0.2, -0.15) is 0 Å². The van der Waals surface area contributed by atoms with Crippen LogP contribution in [0.15, 0.2) is 23.1 Å². The first-order valence-corrected chi connectivity index (χ1v) is 8.52. The Labute approximate surface area is 122 Å². The molecule has 0 aromatic heterocycles. The highest BCUT2D eigenvalue weighted by Crippen LogP contribution is 2.20. The highest BCUT2D eigenvalue weighted by atomic mass is 35.5. The molecule has 0 aliphatic carbocycles. The summed E-state index contributed by atoms with van der Waals surface area (Å²) in [4.78, 5) is 12.7. The van der Waals surface area contributed by atoms with E-state index < -0.39 is 9.84 Å². The van der Waals surface area contributed by atoms with Crippen molar-refractivity contribution in [2.45, 2.75) is 23.8 Å². The van der Waals surface area contributed by atoms with Gasteiger partial charge in [-0.25, -0.2) is 8.42 Å². The van der Waals surface area contributed by atoms with Crippen molar-refractivity contribution in [1.82, 2.24) is 5.32 Å². The number of amides is 1. The summed E-state index contributed by atoms with van der Waals surface area (Å²) in [6.45, 7) is 0. The first kappa shape index (κ1) is 14.7. The van der Waals surface area contributed by atoms with Gasteiger partial charge in [-0.3, -0.25) is 4.79 Å². The van der Waals surface area contributed by atoms with Crippen molar-refractivity contribution in [3.8, 4) is 0 Å². The summed E-state index contributed by atoms with van der Waals surface area (Å²) in [6, 6.07) is 4.80. The van der Waals surface area contributed by atoms with Crippen LogP contribution in [0.2, 0.25) is 5.02 Å². The quantitative estimate of drug-likeness (QED) is 0.819. The van der Waals surface area contributed by atoms with Gasteiger partial charge >= 0.3 is 0 Å². The van der Waals surface area contributed by atoms with Crippen LogP contribution in [0, 0.1) is 0 Å². The van der Waals surface area contributed by atoms with Crippen molar-refractivity contribution in [1.29, 1.82) is 0 Å². The number of benzene rings is 1. The Hall–Kier alpha value is -0.720. The lowest BCUT2D eigenvalue weighted by Crippen LogP contribution is -2.40. The minimum absolute atomic E-state index is 0.115. The van der Waals surface area contributed by atoms with Gasteiger partial charge < -0.3 is 5.32 Å². The summed E-state index contributed by atoms with van der Waals surface area (Å²) >= 11 is 10.1. The van der Waals surface area contributed by atoms with Crippen molar-refractivity contribution >= 4 is 40.0 Å². The Morgan fingerprint density at radius 3 is 2.58 bits per heavy atom. The van der Waals surface area contributed by atoms with Crippen molar-refractivity contribution in [3.63, 3.8) is 0 Å². The molecule has 0 spiro atoms. The third kappa shape index (κ3) is 3.87. The zero-order valence-electron chi connectivity index (χ0n) is 10.1. The molecule has 2 rings (SSSR count). The average Bonchev–Trinajstić information content (AvgIpc) is 2.35. The summed E-state index contributed by atoms with van der Waals surface area (Å²) in [6.07, 6.45) is 0.901. The van der Waals surface area contributed by atoms with E-state index in [0.717, 1.165) is 0 Å². The summed E-state index contributed by atoms with van der Waals surface area (Å²) in [5.41, 5.74) is 0.364. The third-order valence-corrected chi connectivity index (χ3v) is 5.41. The molecule has 0 atom stereocenters. The molecule has 0 radical (unpaired) electrons. The number of halogens is 1. The Bertz CT molecular complexity index is 587. The predicted molar refractivity (Wildman–Crippen MR) is 77.8 cm³/mol. The molecule has 0 bridgehead atoms. The molecular formula is C12H14ClNO3S2. The van der Waals surface area contributed by atoms with E-state index >= 15 is 0 Å². The minimum Gasteiger partial charge on any atom is -0.349 e. The van der Waals surface area contributed by atoms with E-state index in [9.17, 15) is 13.2 Å². The number of nitrogens with one attached hydrogen (secondary N) is 1. The smallest absolute Gasteiger partial charge is 0.253 e. The Morgan fingerprint density at radius 1 is 1.32 bits per heavy atom. The number of rotatable bonds is 2. The molecule has 1 aromatic carbocycles. The normalized spacial score (nSPS) is 19.1. The van der Waals surface area contributed by atoms with E-state index in [0.29, 0.717) is 28.3 Å². The summed E-state index contributed by atoms with van der Waals surface area (Å²) in [7, 11) is -2.92. The van der Waals surface area contributed by atoms with Gasteiger partial charge in [0.2, 0.25) is 0 Å². The SMILES string of the molecule is O=C(NC1CCS(=O)(=O)CC1)c1cc(S)ccc1Cl. The van der Waals surface area contributed by atoms with Crippen LogP contribution in [-0.4, -0.2) is 31.9 Å². The highest BCUT2D eigenvalue weighted by molar-refractivity contribution is 7.91. The fraction of sp³-hybridized carbons (Fsp3) is 0.417. The van der Waals surface area contributed by atoms with E-state index in [1.807, 2.05) is 0 Å². The molecule has 1 aromatic rings. The maximum Gasteiger partial charge on any atom is 0.253 e. The fourth-order valence-electron chi connectivity index (χ4n) is 1.98. The van der Waals surface area contributed by atoms with Crippen LogP contribution in [0.5, 0.6) is 0 Å². The Morgan fingerprint density at radius 2 is 1.95 bits per heavy atom. The lowest BCUT2D eigenvalue weighted by Gasteiger charge is -2.23. The molecule has 19 heavy (non-hydrogen) atoms. The predicted octanol–water partition coefficient (Wildman–Crippen LogP) is 1.94. The lowest BCUT2D eigenvalue weighted by atomic mass is 10.1. The molecular weight excluding hydrogens is 306 g/mol. The van der Waals surface area contributed by atoms with Gasteiger partial charge in [-0.05, 0) is 31.0 Å². The zero-order valence-corrected chi connectivity index (χ0v) is 12.6. The van der Waals surface area contributed by atoms with E-state index in [1.165, 1.54) is 0 Å². The van der Waals surface area contributed by atoms with Crippen LogP contribution in [0.4, 0.5) is 0 Å². The standard InChI is InChI=1S/C12H14ClNO3S2/c13-11-2-1-9(18)7-10(11)12(15)14-8-3-5-19(16,17)6-4-8/h1-2,7-8,18H,3-6H2,(H,14,15). The summed E-state index contributed by atoms with van der Waals surface area (Å²) < 4.78 is 22.6. The van der Waals surface area contributed by atoms with Gasteiger partial charge in [0, 0.05) is 10.9 Å². The fourth-order valence-corrected chi connectivity index (χ4v) is 3.88. The van der Waals surface area contributed by atoms with Crippen LogP contribution in [-0.2, 0) is 9.84 Å². The number of carbonyl (C=O) groups is 1. The number of carbonyl (C=O) groups excluding carboxylic acids is 1. The summed E-state index contributed by atoms with van der Waals surface area (Å²) in [5.74, 6) is -0.0403. The number of hydrogen-bond donors (Lipinski definition) is 2. The van der Waals surface area contributed by atoms with Crippen molar-refractivity contribution in [2.75, 3.05) is 11.5 Å². The Kier molecular flexibility index (Phi) is 4.43. The maximum absolute atomic E-state index is 12.1. The second-order valence-corrected chi connectivity index (χ2v) is 7.79. The van der Waals surface area contributed by atoms with Gasteiger partial charge in [0.1, 0.15) is 9.84 Å². The second-order valence-electron chi connectivity index (χ2n) is 4.56. The molecule has 1 amide bonds. The van der Waals surface area contributed by atoms with E-state index in [-0.39, 0.29) is 23.5 Å². The van der Waals surface area contributed by atoms with Crippen LogP contribution < -0.4 is 5.32 Å². The van der Waals surface area contributed by atoms with Crippen LogP contribution in [0.3, 0.4) is 0 Å². The van der Waals surface area contributed by atoms with Crippen molar-refractivity contribution < 1.29 is 13.2 Å². The molecule has 7 heteroatoms. The van der Waals surface area contributed by atoms with Crippen LogP contribution >= 0.6 is 24.2 Å². The molecule has 1 N–H and O–H groups in total. The topological polar surface area (TPSA) is 63.2 Å². The van der Waals surface area contributed by atoms with E-state index in [2.05, 4.69) is 17.9 Å².